The summed E-state index contributed by atoms with van der Waals surface area (Å²) in [6.45, 7) is 2.37. The summed E-state index contributed by atoms with van der Waals surface area (Å²) < 4.78 is 135. The van der Waals surface area contributed by atoms with E-state index in [2.05, 4.69) is 55.7 Å². The van der Waals surface area contributed by atoms with Crippen molar-refractivity contribution in [1.29, 1.82) is 0 Å². The highest BCUT2D eigenvalue weighted by Crippen LogP contribution is 2.48. The van der Waals surface area contributed by atoms with Gasteiger partial charge in [0.25, 0.3) is 0 Å². The lowest BCUT2D eigenvalue weighted by Gasteiger charge is -2.36. The van der Waals surface area contributed by atoms with Gasteiger partial charge in [0.15, 0.2) is 17.5 Å². The molecule has 3 fully saturated rings. The lowest BCUT2D eigenvalue weighted by molar-refractivity contribution is -0.138. The largest absolute Gasteiger partial charge is 0.489 e. The molecule has 39 heteroatoms. The second-order valence-corrected chi connectivity index (χ2v) is 27.4. The van der Waals surface area contributed by atoms with Crippen LogP contribution in [0.2, 0.25) is 15.1 Å². The SMILES string of the molecule is O=C(Nc1ccc(OC[C@@H](O)CO)cn1)N1c2nc(-c3cccc(C(F)(F)F)c3)c(Cl)cc2N2CC[C@H]1C2.O=C(Nc1cccc(OCCO)n1)N1c2nc(-c3cccc(C(F)(F)F)c3)c(Cl)cc2N2CC[C@H]1C2.O=C(Nc1cnc(OC[C@@H](O)CO)nc1)N1c2nc(-c3cccc(C(F)(F)F)c3)c(Cl)cc2N2CC[C@H]1C2. The van der Waals surface area contributed by atoms with Gasteiger partial charge in [-0.05, 0) is 92.1 Å². The summed E-state index contributed by atoms with van der Waals surface area (Å²) in [5.41, 5.74) is 0.631. The summed E-state index contributed by atoms with van der Waals surface area (Å²) in [5.74, 6) is 1.95. The minimum Gasteiger partial charge on any atom is -0.489 e. The molecular weight excluding hydrogens is 1550 g/mol. The van der Waals surface area contributed by atoms with Crippen LogP contribution in [0.4, 0.5) is 106 Å². The number of hydrogen-bond acceptors (Lipinski definition) is 21. The Morgan fingerprint density at radius 1 is 0.473 bits per heavy atom. The summed E-state index contributed by atoms with van der Waals surface area (Å²) in [7, 11) is 0. The first kappa shape index (κ1) is 79.2. The van der Waals surface area contributed by atoms with Gasteiger partial charge in [-0.25, -0.2) is 44.3 Å². The fourth-order valence-electron chi connectivity index (χ4n) is 13.3. The van der Waals surface area contributed by atoms with Gasteiger partial charge >= 0.3 is 42.6 Å². The van der Waals surface area contributed by atoms with Gasteiger partial charge in [0, 0.05) is 62.0 Å². The molecule has 588 valence electrons. The number of alkyl halides is 9. The molecule has 9 aromatic rings. The van der Waals surface area contributed by atoms with Gasteiger partial charge in [0.1, 0.15) is 49.4 Å². The lowest BCUT2D eigenvalue weighted by Crippen LogP contribution is -2.48. The van der Waals surface area contributed by atoms with Gasteiger partial charge < -0.3 is 59.8 Å². The van der Waals surface area contributed by atoms with Crippen LogP contribution in [0.15, 0.2) is 140 Å². The Hall–Kier alpha value is -10.9. The number of halogens is 12. The van der Waals surface area contributed by atoms with Gasteiger partial charge in [0.05, 0.1) is 128 Å². The van der Waals surface area contributed by atoms with Crippen molar-refractivity contribution in [2.24, 2.45) is 0 Å². The Bertz CT molecular complexity index is 4750. The zero-order chi connectivity index (χ0) is 79.5. The first-order valence-corrected chi connectivity index (χ1v) is 35.7. The van der Waals surface area contributed by atoms with Crippen molar-refractivity contribution in [1.82, 2.24) is 34.9 Å². The number of ether oxygens (including phenoxy) is 3. The Kier molecular flexibility index (Phi) is 23.5. The van der Waals surface area contributed by atoms with Gasteiger partial charge in [-0.3, -0.25) is 25.3 Å². The highest BCUT2D eigenvalue weighted by atomic mass is 35.5. The predicted molar refractivity (Wildman–Crippen MR) is 396 cm³/mol. The number of urea groups is 3. The monoisotopic (exact) mass is 1620 g/mol. The first-order chi connectivity index (χ1) is 53.5. The number of fused-ring (bicyclic) bond motifs is 12. The molecule has 0 unspecified atom stereocenters. The zero-order valence-corrected chi connectivity index (χ0v) is 60.6. The molecule has 12 heterocycles. The van der Waals surface area contributed by atoms with Crippen LogP contribution in [-0.4, -0.2) is 188 Å². The number of nitrogens with zero attached hydrogens (tertiary/aromatic N) is 13. The maximum absolute atomic E-state index is 13.4. The van der Waals surface area contributed by atoms with Crippen LogP contribution in [0.25, 0.3) is 33.8 Å². The summed E-state index contributed by atoms with van der Waals surface area (Å²) in [6.07, 6.45) is -9.65. The van der Waals surface area contributed by atoms with Crippen LogP contribution in [0.3, 0.4) is 0 Å². The number of rotatable bonds is 17. The van der Waals surface area contributed by atoms with Crippen molar-refractivity contribution < 1.29 is 93.6 Å². The van der Waals surface area contributed by atoms with Crippen molar-refractivity contribution in [2.75, 3.05) is 124 Å². The van der Waals surface area contributed by atoms with Gasteiger partial charge in [-0.2, -0.15) is 44.5 Å². The van der Waals surface area contributed by atoms with E-state index in [0.29, 0.717) is 93.0 Å². The highest BCUT2D eigenvalue weighted by Gasteiger charge is 2.45. The molecule has 0 spiro atoms. The van der Waals surface area contributed by atoms with E-state index in [1.54, 1.807) is 42.5 Å². The Balaban J connectivity index is 0.000000147. The van der Waals surface area contributed by atoms with E-state index in [9.17, 15) is 64.1 Å². The average Bonchev–Trinajstić information content (AvgIpc) is 1.59. The fraction of sp³-hybridized carbons (Fsp3) is 0.315. The minimum absolute atomic E-state index is 0.0488. The molecule has 0 radical (unpaired) electrons. The fourth-order valence-corrected chi connectivity index (χ4v) is 14.1. The summed E-state index contributed by atoms with van der Waals surface area (Å²) in [4.78, 5) is 81.0. The zero-order valence-electron chi connectivity index (χ0n) is 58.3. The number of nitrogens with one attached hydrogen (secondary N) is 3. The summed E-state index contributed by atoms with van der Waals surface area (Å²) in [6, 6.07) is 24.9. The molecule has 27 nitrogen and oxygen atoms in total. The number of carbonyl (C=O) groups is 3. The molecule has 15 rings (SSSR count). The number of carbonyl (C=O) groups excluding carboxylic acids is 3. The summed E-state index contributed by atoms with van der Waals surface area (Å²) >= 11 is 19.4. The van der Waals surface area contributed by atoms with E-state index in [0.717, 1.165) is 36.4 Å². The number of aliphatic hydroxyl groups excluding tert-OH is 5. The van der Waals surface area contributed by atoms with Crippen molar-refractivity contribution in [2.45, 2.75) is 68.1 Å². The van der Waals surface area contributed by atoms with E-state index in [1.807, 2.05) is 9.80 Å². The van der Waals surface area contributed by atoms with Crippen molar-refractivity contribution in [3.05, 3.63) is 172 Å². The van der Waals surface area contributed by atoms with E-state index in [1.165, 1.54) is 75.8 Å². The second kappa shape index (κ2) is 33.2. The average molecular weight is 1620 g/mol. The maximum Gasteiger partial charge on any atom is 0.416 e. The molecule has 0 aliphatic carbocycles. The number of hydrogen-bond donors (Lipinski definition) is 8. The molecule has 0 saturated carbocycles. The molecule has 6 aliphatic rings. The topological polar surface area (TPSA) is 326 Å². The second-order valence-electron chi connectivity index (χ2n) is 26.1. The van der Waals surface area contributed by atoms with Crippen molar-refractivity contribution in [3.8, 4) is 51.4 Å². The number of amides is 6. The Labute approximate surface area is 645 Å². The number of aromatic nitrogens is 7. The minimum atomic E-state index is -4.53. The van der Waals surface area contributed by atoms with Crippen LogP contribution in [0.5, 0.6) is 17.6 Å². The van der Waals surface area contributed by atoms with Gasteiger partial charge in [-0.1, -0.05) is 77.3 Å². The number of pyridine rings is 5. The normalized spacial score (nSPS) is 17.1. The third kappa shape index (κ3) is 17.7. The van der Waals surface area contributed by atoms with Gasteiger partial charge in [-0.15, -0.1) is 0 Å². The van der Waals surface area contributed by atoms with Crippen LogP contribution in [0.1, 0.15) is 36.0 Å². The third-order valence-corrected chi connectivity index (χ3v) is 19.4. The lowest BCUT2D eigenvalue weighted by atomic mass is 10.1. The molecule has 6 aliphatic heterocycles. The number of anilines is 9. The maximum atomic E-state index is 13.4. The first-order valence-electron chi connectivity index (χ1n) is 34.5. The molecule has 5 atom stereocenters. The molecule has 8 N–H and O–H groups in total. The van der Waals surface area contributed by atoms with Gasteiger partial charge in [0.2, 0.25) is 5.88 Å². The molecule has 3 saturated heterocycles. The summed E-state index contributed by atoms with van der Waals surface area (Å²) in [5, 5.41) is 54.2. The Morgan fingerprint density at radius 2 is 0.875 bits per heavy atom. The van der Waals surface area contributed by atoms with Crippen LogP contribution in [0, 0.1) is 0 Å². The molecule has 6 aromatic heterocycles. The third-order valence-electron chi connectivity index (χ3n) is 18.6. The molecule has 6 amide bonds. The molecule has 112 heavy (non-hydrogen) atoms. The molecule has 3 aromatic carbocycles. The smallest absolute Gasteiger partial charge is 0.416 e. The van der Waals surface area contributed by atoms with E-state index < -0.39 is 78.7 Å². The van der Waals surface area contributed by atoms with Crippen LogP contribution >= 0.6 is 34.8 Å². The molecular formula is C73H66Cl3F9N16O11. The molecule has 6 bridgehead atoms. The standard InChI is InChI=1S/C25H23ClF3N5O4.C24H22ClF3N6O4.C24H21ClF3N5O3/c26-19-9-20-23(32-22(19)14-2-1-3-15(8-14)25(27,28)29)34(16-6-7-33(20)11-16)24(37)31-21-5-4-18(10-30-21)38-13-17(36)12-35;25-18-7-19-21(32-20(18)13-2-1-3-14(6-13)24(26,27)28)34(16-4-5-33(19)10-16)23(37)31-15-8-29-22(30-9-15)38-12-17(36)11-35;25-17-12-18-22(31-21(17)14-3-1-4-15(11-14)24(26,27)28)33(16-7-8-32(18)13-16)23(35)30-19-5-2-6-20(29-19)36-10-9-34/h1-5,8-10,16-17,35-36H,6-7,11-13H2,(H,30,31,37);1-3,6-9,16-17,35-36H,4-5,10-12H2,(H,31,37);1-6,11-12,16,34H,7-10,13H2,(H,29,30,35)/t2*16-,17-;16-/m000/s1. The number of aliphatic hydroxyl groups is 5. The highest BCUT2D eigenvalue weighted by molar-refractivity contribution is 6.34. The van der Waals surface area contributed by atoms with E-state index in [-0.39, 0.29) is 128 Å². The van der Waals surface area contributed by atoms with Crippen molar-refractivity contribution in [3.63, 3.8) is 0 Å². The number of benzene rings is 3. The van der Waals surface area contributed by atoms with E-state index in [4.69, 9.17) is 64.3 Å². The van der Waals surface area contributed by atoms with Crippen LogP contribution in [-0.2, 0) is 18.5 Å². The van der Waals surface area contributed by atoms with Crippen LogP contribution < -0.4 is 59.6 Å². The van der Waals surface area contributed by atoms with Crippen molar-refractivity contribution >= 4 is 105 Å². The van der Waals surface area contributed by atoms with E-state index >= 15 is 0 Å². The predicted octanol–water partition coefficient (Wildman–Crippen LogP) is 12.6. The quantitative estimate of drug-likeness (QED) is 0.0393. The Morgan fingerprint density at radius 3 is 1.27 bits per heavy atom.